The van der Waals surface area contributed by atoms with Gasteiger partial charge >= 0.3 is 5.97 Å². The first-order valence-electron chi connectivity index (χ1n) is 14.3. The lowest BCUT2D eigenvalue weighted by atomic mass is 9.99. The summed E-state index contributed by atoms with van der Waals surface area (Å²) in [6.07, 6.45) is 21.7. The summed E-state index contributed by atoms with van der Waals surface area (Å²) in [5.74, 6) is -0.551. The standard InChI is InChI=1S/C29H57NO4/c1-6-26(2)22-20-18-16-14-12-10-8-7-9-11-13-15-17-19-21-23-29(33)34-27(24-28(31)32)25-30(3,4)5/h26-27H,6-25H2,1-5H3. The van der Waals surface area contributed by atoms with E-state index in [1.165, 1.54) is 89.9 Å². The monoisotopic (exact) mass is 483 g/mol. The summed E-state index contributed by atoms with van der Waals surface area (Å²) >= 11 is 0. The van der Waals surface area contributed by atoms with Crippen molar-refractivity contribution in [3.05, 3.63) is 0 Å². The Bertz CT molecular complexity index is 501. The molecule has 0 saturated carbocycles. The van der Waals surface area contributed by atoms with Crippen molar-refractivity contribution in [3.8, 4) is 0 Å². The van der Waals surface area contributed by atoms with Crippen LogP contribution in [0.5, 0.6) is 0 Å². The fourth-order valence-corrected chi connectivity index (χ4v) is 4.45. The molecule has 2 unspecified atom stereocenters. The molecular weight excluding hydrogens is 426 g/mol. The van der Waals surface area contributed by atoms with Gasteiger partial charge in [-0.2, -0.15) is 0 Å². The molecule has 0 aromatic heterocycles. The van der Waals surface area contributed by atoms with Crippen LogP contribution in [0.1, 0.15) is 136 Å². The molecule has 2 atom stereocenters. The zero-order chi connectivity index (χ0) is 25.7. The zero-order valence-corrected chi connectivity index (χ0v) is 23.4. The van der Waals surface area contributed by atoms with E-state index in [9.17, 15) is 14.7 Å². The van der Waals surface area contributed by atoms with E-state index < -0.39 is 12.1 Å². The molecule has 0 amide bonds. The van der Waals surface area contributed by atoms with E-state index in [2.05, 4.69) is 13.8 Å². The number of aliphatic carboxylic acids is 1. The van der Waals surface area contributed by atoms with Crippen molar-refractivity contribution in [2.75, 3.05) is 27.7 Å². The number of quaternary nitrogens is 1. The number of likely N-dealkylation sites (N-methyl/N-ethyl adjacent to an activating group) is 1. The van der Waals surface area contributed by atoms with Crippen molar-refractivity contribution in [2.24, 2.45) is 5.92 Å². The molecule has 0 aliphatic carbocycles. The van der Waals surface area contributed by atoms with Crippen LogP contribution in [0.4, 0.5) is 0 Å². The van der Waals surface area contributed by atoms with Crippen molar-refractivity contribution in [1.82, 2.24) is 0 Å². The van der Waals surface area contributed by atoms with E-state index in [1.807, 2.05) is 21.1 Å². The van der Waals surface area contributed by atoms with Crippen molar-refractivity contribution in [3.63, 3.8) is 0 Å². The van der Waals surface area contributed by atoms with Crippen LogP contribution in [-0.4, -0.2) is 50.2 Å². The molecule has 0 fully saturated rings. The first-order chi connectivity index (χ1) is 16.1. The number of hydrogen-bond donors (Lipinski definition) is 0. The molecule has 0 saturated heterocycles. The second-order valence-corrected chi connectivity index (χ2v) is 11.5. The van der Waals surface area contributed by atoms with Crippen LogP contribution in [0, 0.1) is 5.92 Å². The third-order valence-corrected chi connectivity index (χ3v) is 6.72. The summed E-state index contributed by atoms with van der Waals surface area (Å²) < 4.78 is 5.94. The van der Waals surface area contributed by atoms with Gasteiger partial charge in [0.15, 0.2) is 6.10 Å². The van der Waals surface area contributed by atoms with Gasteiger partial charge in [-0.1, -0.05) is 117 Å². The molecule has 0 bridgehead atoms. The summed E-state index contributed by atoms with van der Waals surface area (Å²) in [7, 11) is 5.86. The number of ether oxygens (including phenoxy) is 1. The van der Waals surface area contributed by atoms with Crippen LogP contribution in [0.3, 0.4) is 0 Å². The van der Waals surface area contributed by atoms with Crippen LogP contribution in [-0.2, 0) is 14.3 Å². The van der Waals surface area contributed by atoms with Crippen LogP contribution in [0.2, 0.25) is 0 Å². The van der Waals surface area contributed by atoms with E-state index in [4.69, 9.17) is 4.74 Å². The fourth-order valence-electron chi connectivity index (χ4n) is 4.45. The molecule has 34 heavy (non-hydrogen) atoms. The van der Waals surface area contributed by atoms with Gasteiger partial charge in [-0.05, 0) is 12.3 Å². The average Bonchev–Trinajstić information content (AvgIpc) is 2.73. The number of carboxylic acids is 1. The lowest BCUT2D eigenvalue weighted by molar-refractivity contribution is -0.873. The quantitative estimate of drug-likeness (QED) is 0.0902. The number of carbonyl (C=O) groups is 2. The van der Waals surface area contributed by atoms with Gasteiger partial charge in [0, 0.05) is 18.8 Å². The van der Waals surface area contributed by atoms with Crippen molar-refractivity contribution >= 4 is 11.9 Å². The first kappa shape index (κ1) is 32.9. The molecule has 0 N–H and O–H groups in total. The molecular formula is C29H57NO4. The highest BCUT2D eigenvalue weighted by Crippen LogP contribution is 2.16. The number of unbranched alkanes of at least 4 members (excludes halogenated alkanes) is 14. The number of hydrogen-bond acceptors (Lipinski definition) is 4. The van der Waals surface area contributed by atoms with Gasteiger partial charge in [0.05, 0.1) is 21.1 Å². The SMILES string of the molecule is CCC(C)CCCCCCCCCCCCCCCCCC(=O)OC(CC(=O)[O-])C[N+](C)(C)C. The lowest BCUT2D eigenvalue weighted by Crippen LogP contribution is -2.45. The van der Waals surface area contributed by atoms with Crippen LogP contribution in [0.15, 0.2) is 0 Å². The maximum Gasteiger partial charge on any atom is 0.306 e. The Morgan fingerprint density at radius 2 is 1.15 bits per heavy atom. The highest BCUT2D eigenvalue weighted by atomic mass is 16.5. The molecule has 202 valence electrons. The predicted octanol–water partition coefficient (Wildman–Crippen LogP) is 6.42. The summed E-state index contributed by atoms with van der Waals surface area (Å²) in [6.45, 7) is 5.13. The van der Waals surface area contributed by atoms with Gasteiger partial charge in [-0.25, -0.2) is 0 Å². The minimum Gasteiger partial charge on any atom is -0.550 e. The summed E-state index contributed by atoms with van der Waals surface area (Å²) in [5.41, 5.74) is 0. The van der Waals surface area contributed by atoms with E-state index in [0.29, 0.717) is 17.4 Å². The van der Waals surface area contributed by atoms with Crippen molar-refractivity contribution in [1.29, 1.82) is 0 Å². The van der Waals surface area contributed by atoms with Gasteiger partial charge in [0.2, 0.25) is 0 Å². The first-order valence-corrected chi connectivity index (χ1v) is 14.3. The molecule has 0 aromatic rings. The number of carbonyl (C=O) groups excluding carboxylic acids is 2. The topological polar surface area (TPSA) is 66.4 Å². The average molecular weight is 484 g/mol. The maximum atomic E-state index is 12.1. The van der Waals surface area contributed by atoms with Crippen LogP contribution in [0.25, 0.3) is 0 Å². The number of rotatable bonds is 24. The van der Waals surface area contributed by atoms with E-state index in [-0.39, 0.29) is 12.4 Å². The van der Waals surface area contributed by atoms with Gasteiger partial charge in [-0.15, -0.1) is 0 Å². The van der Waals surface area contributed by atoms with Gasteiger partial charge < -0.3 is 19.1 Å². The van der Waals surface area contributed by atoms with Crippen molar-refractivity contribution < 1.29 is 23.9 Å². The van der Waals surface area contributed by atoms with E-state index >= 15 is 0 Å². The minimum absolute atomic E-state index is 0.236. The smallest absolute Gasteiger partial charge is 0.306 e. The van der Waals surface area contributed by atoms with Gasteiger partial charge in [-0.3, -0.25) is 4.79 Å². The van der Waals surface area contributed by atoms with E-state index in [1.54, 1.807) is 0 Å². The number of nitrogens with zero attached hydrogens (tertiary/aromatic N) is 1. The summed E-state index contributed by atoms with van der Waals surface area (Å²) in [6, 6.07) is 0. The third-order valence-electron chi connectivity index (χ3n) is 6.72. The second-order valence-electron chi connectivity index (χ2n) is 11.5. The molecule has 0 aliphatic heterocycles. The Balaban J connectivity index is 3.48. The van der Waals surface area contributed by atoms with Gasteiger partial charge in [0.25, 0.3) is 0 Å². The Labute approximate surface area is 211 Å². The van der Waals surface area contributed by atoms with Crippen molar-refractivity contribution in [2.45, 2.75) is 142 Å². The van der Waals surface area contributed by atoms with Crippen LogP contribution >= 0.6 is 0 Å². The number of esters is 1. The Kier molecular flexibility index (Phi) is 20.5. The van der Waals surface area contributed by atoms with E-state index in [0.717, 1.165) is 25.2 Å². The predicted molar refractivity (Wildman–Crippen MR) is 140 cm³/mol. The molecule has 5 nitrogen and oxygen atoms in total. The fraction of sp³-hybridized carbons (Fsp3) is 0.931. The highest BCUT2D eigenvalue weighted by molar-refractivity contribution is 5.70. The highest BCUT2D eigenvalue weighted by Gasteiger charge is 2.22. The second kappa shape index (κ2) is 21.2. The molecule has 0 rings (SSSR count). The molecule has 0 aromatic carbocycles. The molecule has 5 heteroatoms. The number of carboxylic acid groups (broad SMARTS) is 1. The Morgan fingerprint density at radius 3 is 1.53 bits per heavy atom. The van der Waals surface area contributed by atoms with Gasteiger partial charge in [0.1, 0.15) is 6.54 Å². The molecule has 0 aliphatic rings. The minimum atomic E-state index is -1.17. The Hall–Kier alpha value is -1.10. The maximum absolute atomic E-state index is 12.1. The molecule has 0 radical (unpaired) electrons. The largest absolute Gasteiger partial charge is 0.550 e. The summed E-state index contributed by atoms with van der Waals surface area (Å²) in [5, 5.41) is 10.9. The normalized spacial score (nSPS) is 13.6. The molecule has 0 heterocycles. The van der Waals surface area contributed by atoms with Crippen LogP contribution < -0.4 is 5.11 Å². The Morgan fingerprint density at radius 1 is 0.735 bits per heavy atom. The third kappa shape index (κ3) is 24.0. The zero-order valence-electron chi connectivity index (χ0n) is 23.4. The molecule has 0 spiro atoms. The lowest BCUT2D eigenvalue weighted by Gasteiger charge is -2.29. The summed E-state index contributed by atoms with van der Waals surface area (Å²) in [4.78, 5) is 23.0.